The Labute approximate surface area is 79.2 Å². The maximum absolute atomic E-state index is 5.83. The van der Waals surface area contributed by atoms with Crippen molar-refractivity contribution < 1.29 is 4.74 Å². The van der Waals surface area contributed by atoms with Gasteiger partial charge in [0.05, 0.1) is 12.7 Å². The molecule has 1 saturated carbocycles. The van der Waals surface area contributed by atoms with Gasteiger partial charge in [0.15, 0.2) is 0 Å². The van der Waals surface area contributed by atoms with Gasteiger partial charge in [-0.25, -0.2) is 0 Å². The van der Waals surface area contributed by atoms with Crippen LogP contribution in [0.5, 0.6) is 0 Å². The van der Waals surface area contributed by atoms with Gasteiger partial charge in [0, 0.05) is 32.1 Å². The van der Waals surface area contributed by atoms with Gasteiger partial charge in [0.1, 0.15) is 0 Å². The fourth-order valence-electron chi connectivity index (χ4n) is 2.90. The second kappa shape index (κ2) is 2.94. The topological polar surface area (TPSA) is 33.3 Å². The zero-order valence-electron chi connectivity index (χ0n) is 8.01. The van der Waals surface area contributed by atoms with Crippen LogP contribution in [-0.4, -0.2) is 38.9 Å². The molecule has 2 N–H and O–H groups in total. The summed E-state index contributed by atoms with van der Waals surface area (Å²) in [6.45, 7) is 5.40. The number of hydrogen-bond acceptors (Lipinski definition) is 3. The predicted molar refractivity (Wildman–Crippen MR) is 50.6 cm³/mol. The van der Waals surface area contributed by atoms with Gasteiger partial charge in [0.25, 0.3) is 0 Å². The summed E-state index contributed by atoms with van der Waals surface area (Å²) in [5.74, 6) is 0.778. The van der Waals surface area contributed by atoms with Gasteiger partial charge in [0.2, 0.25) is 0 Å². The minimum atomic E-state index is 0.478. The molecule has 13 heavy (non-hydrogen) atoms. The highest BCUT2D eigenvalue weighted by Gasteiger charge is 2.54. The Morgan fingerprint density at radius 2 is 2.08 bits per heavy atom. The van der Waals surface area contributed by atoms with Gasteiger partial charge < -0.3 is 15.4 Å². The molecule has 2 atom stereocenters. The maximum atomic E-state index is 5.83. The summed E-state index contributed by atoms with van der Waals surface area (Å²) in [5, 5.41) is 6.94. The summed E-state index contributed by atoms with van der Waals surface area (Å²) in [6.07, 6.45) is 3.32. The van der Waals surface area contributed by atoms with Gasteiger partial charge in [-0.2, -0.15) is 0 Å². The van der Waals surface area contributed by atoms with Crippen molar-refractivity contribution >= 4 is 0 Å². The van der Waals surface area contributed by atoms with Crippen LogP contribution in [0, 0.1) is 11.3 Å². The standard InChI is InChI=1S/C10H18N2O/c1-2-10(1)7-12-5-8(10)9-6-11-3-4-13-9/h8-9,11-12H,1-7H2. The predicted octanol–water partition coefficient (Wildman–Crippen LogP) is -0.0256. The molecule has 3 nitrogen and oxygen atoms in total. The third-order valence-electron chi connectivity index (χ3n) is 3.93. The summed E-state index contributed by atoms with van der Waals surface area (Å²) >= 11 is 0. The maximum Gasteiger partial charge on any atom is 0.0746 e. The van der Waals surface area contributed by atoms with Crippen LogP contribution in [0.3, 0.4) is 0 Å². The lowest BCUT2D eigenvalue weighted by Gasteiger charge is -2.31. The molecular weight excluding hydrogens is 164 g/mol. The van der Waals surface area contributed by atoms with E-state index in [1.807, 2.05) is 0 Å². The SMILES string of the molecule is C1COC(C2CNCC23CC3)CN1. The van der Waals surface area contributed by atoms with E-state index in [2.05, 4.69) is 10.6 Å². The number of nitrogens with one attached hydrogen (secondary N) is 2. The number of hydrogen-bond donors (Lipinski definition) is 2. The van der Waals surface area contributed by atoms with E-state index in [1.54, 1.807) is 0 Å². The van der Waals surface area contributed by atoms with E-state index in [9.17, 15) is 0 Å². The third-order valence-corrected chi connectivity index (χ3v) is 3.93. The average Bonchev–Trinajstić information content (AvgIpc) is 2.80. The van der Waals surface area contributed by atoms with E-state index < -0.39 is 0 Å². The van der Waals surface area contributed by atoms with Crippen molar-refractivity contribution in [3.63, 3.8) is 0 Å². The molecule has 2 aliphatic heterocycles. The molecule has 2 unspecified atom stereocenters. The monoisotopic (exact) mass is 182 g/mol. The molecule has 2 heterocycles. The number of morpholine rings is 1. The Kier molecular flexibility index (Phi) is 1.86. The largest absolute Gasteiger partial charge is 0.375 e. The van der Waals surface area contributed by atoms with Crippen molar-refractivity contribution in [2.24, 2.45) is 11.3 Å². The highest BCUT2D eigenvalue weighted by Crippen LogP contribution is 2.55. The molecule has 0 aromatic carbocycles. The lowest BCUT2D eigenvalue weighted by atomic mass is 9.87. The van der Waals surface area contributed by atoms with E-state index in [4.69, 9.17) is 4.74 Å². The van der Waals surface area contributed by atoms with Crippen LogP contribution >= 0.6 is 0 Å². The van der Waals surface area contributed by atoms with Crippen LogP contribution in [0.2, 0.25) is 0 Å². The van der Waals surface area contributed by atoms with Gasteiger partial charge in [-0.1, -0.05) is 0 Å². The molecular formula is C10H18N2O. The molecule has 0 aromatic heterocycles. The molecule has 3 rings (SSSR count). The number of rotatable bonds is 1. The lowest BCUT2D eigenvalue weighted by molar-refractivity contribution is -0.0189. The first-order valence-corrected chi connectivity index (χ1v) is 5.44. The number of ether oxygens (including phenoxy) is 1. The zero-order valence-corrected chi connectivity index (χ0v) is 8.01. The highest BCUT2D eigenvalue weighted by atomic mass is 16.5. The van der Waals surface area contributed by atoms with E-state index in [0.717, 1.165) is 25.6 Å². The normalized spacial score (nSPS) is 42.5. The van der Waals surface area contributed by atoms with Crippen molar-refractivity contribution in [2.75, 3.05) is 32.8 Å². The van der Waals surface area contributed by atoms with Crippen LogP contribution < -0.4 is 10.6 Å². The Bertz CT molecular complexity index is 197. The third kappa shape index (κ3) is 1.30. The van der Waals surface area contributed by atoms with Crippen molar-refractivity contribution in [1.29, 1.82) is 0 Å². The molecule has 1 aliphatic carbocycles. The minimum Gasteiger partial charge on any atom is -0.375 e. The molecule has 3 heteroatoms. The lowest BCUT2D eigenvalue weighted by Crippen LogP contribution is -2.45. The first kappa shape index (κ1) is 8.21. The van der Waals surface area contributed by atoms with E-state index in [0.29, 0.717) is 11.5 Å². The fourth-order valence-corrected chi connectivity index (χ4v) is 2.90. The molecule has 0 amide bonds. The van der Waals surface area contributed by atoms with Crippen molar-refractivity contribution in [3.05, 3.63) is 0 Å². The first-order valence-electron chi connectivity index (χ1n) is 5.44. The highest BCUT2D eigenvalue weighted by molar-refractivity contribution is 5.07. The van der Waals surface area contributed by atoms with Crippen molar-refractivity contribution in [2.45, 2.75) is 18.9 Å². The molecule has 74 valence electrons. The molecule has 0 bridgehead atoms. The molecule has 3 fully saturated rings. The summed E-state index contributed by atoms with van der Waals surface area (Å²) in [7, 11) is 0. The van der Waals surface area contributed by atoms with E-state index >= 15 is 0 Å². The summed E-state index contributed by atoms with van der Waals surface area (Å²) < 4.78 is 5.83. The summed E-state index contributed by atoms with van der Waals surface area (Å²) in [5.41, 5.74) is 0.643. The Balaban J connectivity index is 1.69. The Morgan fingerprint density at radius 3 is 2.77 bits per heavy atom. The molecule has 1 spiro atoms. The summed E-state index contributed by atoms with van der Waals surface area (Å²) in [6, 6.07) is 0. The smallest absolute Gasteiger partial charge is 0.0746 e. The quantitative estimate of drug-likeness (QED) is 0.597. The summed E-state index contributed by atoms with van der Waals surface area (Å²) in [4.78, 5) is 0. The van der Waals surface area contributed by atoms with Gasteiger partial charge in [-0.3, -0.25) is 0 Å². The van der Waals surface area contributed by atoms with Crippen LogP contribution in [0.25, 0.3) is 0 Å². The van der Waals surface area contributed by atoms with Crippen LogP contribution in [0.1, 0.15) is 12.8 Å². The Hall–Kier alpha value is -0.120. The second-order valence-corrected chi connectivity index (χ2v) is 4.71. The van der Waals surface area contributed by atoms with Crippen LogP contribution in [0.4, 0.5) is 0 Å². The fraction of sp³-hybridized carbons (Fsp3) is 1.00. The first-order chi connectivity index (χ1) is 6.41. The minimum absolute atomic E-state index is 0.478. The van der Waals surface area contributed by atoms with E-state index in [-0.39, 0.29) is 0 Å². The van der Waals surface area contributed by atoms with Crippen LogP contribution in [0.15, 0.2) is 0 Å². The van der Waals surface area contributed by atoms with Gasteiger partial charge >= 0.3 is 0 Å². The van der Waals surface area contributed by atoms with Gasteiger partial charge in [-0.05, 0) is 18.3 Å². The second-order valence-electron chi connectivity index (χ2n) is 4.71. The van der Waals surface area contributed by atoms with Gasteiger partial charge in [-0.15, -0.1) is 0 Å². The van der Waals surface area contributed by atoms with Crippen molar-refractivity contribution in [1.82, 2.24) is 10.6 Å². The molecule has 0 aromatic rings. The molecule has 0 radical (unpaired) electrons. The average molecular weight is 182 g/mol. The van der Waals surface area contributed by atoms with Crippen LogP contribution in [-0.2, 0) is 4.74 Å². The molecule has 2 saturated heterocycles. The Morgan fingerprint density at radius 1 is 1.15 bits per heavy atom. The van der Waals surface area contributed by atoms with Crippen molar-refractivity contribution in [3.8, 4) is 0 Å². The van der Waals surface area contributed by atoms with E-state index in [1.165, 1.54) is 25.9 Å². The molecule has 3 aliphatic rings. The zero-order chi connectivity index (χ0) is 8.73.